The van der Waals surface area contributed by atoms with Gasteiger partial charge in [-0.15, -0.1) is 0 Å². The number of amides is 1. The Balaban J connectivity index is 1.62. The van der Waals surface area contributed by atoms with Crippen molar-refractivity contribution in [1.29, 1.82) is 0 Å². The van der Waals surface area contributed by atoms with Crippen LogP contribution in [0.3, 0.4) is 0 Å². The number of carbonyl (C=O) groups excluding carboxylic acids is 1. The lowest BCUT2D eigenvalue weighted by molar-refractivity contribution is -0.123. The highest BCUT2D eigenvalue weighted by Crippen LogP contribution is 2.43. The summed E-state index contributed by atoms with van der Waals surface area (Å²) in [5, 5.41) is 14.6. The van der Waals surface area contributed by atoms with Crippen LogP contribution < -0.4 is 10.5 Å². The summed E-state index contributed by atoms with van der Waals surface area (Å²) in [6.07, 6.45) is 3.48. The van der Waals surface area contributed by atoms with Crippen LogP contribution in [0.5, 0.6) is 11.5 Å². The van der Waals surface area contributed by atoms with E-state index in [1.54, 1.807) is 6.07 Å². The van der Waals surface area contributed by atoms with Gasteiger partial charge in [-0.1, -0.05) is 48.3 Å². The van der Waals surface area contributed by atoms with Crippen molar-refractivity contribution in [2.75, 3.05) is 19.7 Å². The second-order valence-corrected chi connectivity index (χ2v) is 9.53. The number of aryl methyl sites for hydroxylation is 1. The maximum Gasteiger partial charge on any atom is 0.220 e. The van der Waals surface area contributed by atoms with E-state index in [2.05, 4.69) is 29.1 Å². The number of phenols is 1. The van der Waals surface area contributed by atoms with Gasteiger partial charge in [-0.3, -0.25) is 9.69 Å². The van der Waals surface area contributed by atoms with E-state index < -0.39 is 0 Å². The first kappa shape index (κ1) is 25.1. The molecule has 3 aromatic rings. The van der Waals surface area contributed by atoms with Crippen LogP contribution in [0.2, 0.25) is 5.02 Å². The lowest BCUT2D eigenvalue weighted by atomic mass is 9.95. The average molecular weight is 498 g/mol. The van der Waals surface area contributed by atoms with Crippen molar-refractivity contribution in [2.45, 2.75) is 46.1 Å². The molecular weight excluding hydrogens is 466 g/mol. The largest absolute Gasteiger partial charge is 0.506 e. The molecule has 1 fully saturated rings. The molecule has 8 heteroatoms. The Kier molecular flexibility index (Phi) is 7.98. The zero-order valence-corrected chi connectivity index (χ0v) is 21.0. The molecular formula is C27H32ClN3O4. The molecule has 3 N–H and O–H groups in total. The molecule has 2 heterocycles. The van der Waals surface area contributed by atoms with Gasteiger partial charge in [-0.25, -0.2) is 0 Å². The van der Waals surface area contributed by atoms with E-state index in [0.717, 1.165) is 67.7 Å². The molecule has 1 saturated heterocycles. The fourth-order valence-electron chi connectivity index (χ4n) is 4.52. The van der Waals surface area contributed by atoms with Crippen molar-refractivity contribution in [3.05, 3.63) is 52.7 Å². The fraction of sp³-hybridized carbons (Fsp3) is 0.407. The fourth-order valence-corrected chi connectivity index (χ4v) is 4.68. The first-order valence-corrected chi connectivity index (χ1v) is 12.5. The summed E-state index contributed by atoms with van der Waals surface area (Å²) in [4.78, 5) is 13.8. The lowest BCUT2D eigenvalue weighted by Crippen LogP contribution is -2.38. The summed E-state index contributed by atoms with van der Waals surface area (Å²) in [6.45, 7) is 7.00. The summed E-state index contributed by atoms with van der Waals surface area (Å²) in [7, 11) is 0. The molecule has 4 rings (SSSR count). The summed E-state index contributed by atoms with van der Waals surface area (Å²) in [5.74, 6) is 0.795. The number of unbranched alkanes of at least 4 members (excludes halogenated alkanes) is 1. The third-order valence-electron chi connectivity index (χ3n) is 6.52. The molecule has 0 spiro atoms. The Morgan fingerprint density at radius 3 is 2.77 bits per heavy atom. The number of aromatic hydroxyl groups is 1. The Bertz CT molecular complexity index is 1190. The predicted molar refractivity (Wildman–Crippen MR) is 136 cm³/mol. The van der Waals surface area contributed by atoms with Gasteiger partial charge in [0.2, 0.25) is 5.91 Å². The van der Waals surface area contributed by atoms with Crippen LogP contribution in [0.4, 0.5) is 0 Å². The zero-order chi connectivity index (χ0) is 24.9. The molecule has 0 aliphatic carbocycles. The average Bonchev–Trinajstić information content (AvgIpc) is 3.23. The molecule has 1 aromatic heterocycles. The van der Waals surface area contributed by atoms with Crippen molar-refractivity contribution in [3.8, 4) is 33.9 Å². The number of nitrogens with two attached hydrogens (primary N) is 1. The standard InChI is InChI=1S/C27H32ClN3O4/c1-3-4-12-34-24-15-23(32)22(28)14-21(24)26-25(17(2)30-35-26)20-7-5-6-18(13-20)16-31-10-8-19(9-11-31)27(29)33/h5-7,13-15,19,32H,3-4,8-12,16H2,1-2H3,(H2,29,33). The Morgan fingerprint density at radius 1 is 1.29 bits per heavy atom. The maximum absolute atomic E-state index is 11.5. The van der Waals surface area contributed by atoms with Crippen molar-refractivity contribution in [1.82, 2.24) is 10.1 Å². The first-order valence-electron chi connectivity index (χ1n) is 12.1. The molecule has 186 valence electrons. The number of primary amides is 1. The number of ether oxygens (including phenoxy) is 1. The number of rotatable bonds is 9. The molecule has 0 bridgehead atoms. The quantitative estimate of drug-likeness (QED) is 0.376. The van der Waals surface area contributed by atoms with Crippen LogP contribution in [0.25, 0.3) is 22.5 Å². The number of piperidine rings is 1. The Morgan fingerprint density at radius 2 is 2.06 bits per heavy atom. The van der Waals surface area contributed by atoms with Gasteiger partial charge in [0.15, 0.2) is 5.76 Å². The van der Waals surface area contributed by atoms with Crippen LogP contribution in [0.1, 0.15) is 43.9 Å². The van der Waals surface area contributed by atoms with Crippen LogP contribution in [0, 0.1) is 12.8 Å². The minimum absolute atomic E-state index is 0.0225. The second-order valence-electron chi connectivity index (χ2n) is 9.13. The third kappa shape index (κ3) is 5.80. The maximum atomic E-state index is 11.5. The van der Waals surface area contributed by atoms with Crippen molar-refractivity contribution in [2.24, 2.45) is 11.7 Å². The predicted octanol–water partition coefficient (Wildman–Crippen LogP) is 5.55. The van der Waals surface area contributed by atoms with Crippen LogP contribution in [0.15, 0.2) is 40.9 Å². The lowest BCUT2D eigenvalue weighted by Gasteiger charge is -2.30. The molecule has 0 unspecified atom stereocenters. The van der Waals surface area contributed by atoms with Crippen LogP contribution in [-0.4, -0.2) is 40.8 Å². The van der Waals surface area contributed by atoms with Crippen LogP contribution >= 0.6 is 11.6 Å². The van der Waals surface area contributed by atoms with E-state index in [0.29, 0.717) is 23.7 Å². The Labute approximate surface area is 210 Å². The molecule has 2 aromatic carbocycles. The minimum atomic E-state index is -0.200. The number of benzene rings is 2. The van der Waals surface area contributed by atoms with Gasteiger partial charge in [0, 0.05) is 18.5 Å². The molecule has 0 radical (unpaired) electrons. The number of hydrogen-bond donors (Lipinski definition) is 2. The minimum Gasteiger partial charge on any atom is -0.506 e. The number of phenolic OH excluding ortho intramolecular Hbond substituents is 1. The number of hydrogen-bond acceptors (Lipinski definition) is 6. The normalized spacial score (nSPS) is 14.8. The number of halogens is 1. The van der Waals surface area contributed by atoms with E-state index in [1.807, 2.05) is 19.1 Å². The number of carbonyl (C=O) groups is 1. The number of aromatic nitrogens is 1. The van der Waals surface area contributed by atoms with Crippen molar-refractivity contribution in [3.63, 3.8) is 0 Å². The highest BCUT2D eigenvalue weighted by Gasteiger charge is 2.24. The summed E-state index contributed by atoms with van der Waals surface area (Å²) < 4.78 is 11.7. The van der Waals surface area contributed by atoms with Gasteiger partial charge < -0.3 is 20.1 Å². The summed E-state index contributed by atoms with van der Waals surface area (Å²) in [6, 6.07) is 11.5. The molecule has 0 atom stereocenters. The Hall–Kier alpha value is -3.03. The van der Waals surface area contributed by atoms with E-state index in [1.165, 1.54) is 6.07 Å². The smallest absolute Gasteiger partial charge is 0.220 e. The van der Waals surface area contributed by atoms with Gasteiger partial charge in [0.25, 0.3) is 0 Å². The second kappa shape index (κ2) is 11.1. The van der Waals surface area contributed by atoms with Gasteiger partial charge >= 0.3 is 0 Å². The molecule has 1 aliphatic heterocycles. The molecule has 1 aliphatic rings. The van der Waals surface area contributed by atoms with Crippen molar-refractivity contribution < 1.29 is 19.2 Å². The molecule has 7 nitrogen and oxygen atoms in total. The van der Waals surface area contributed by atoms with E-state index in [-0.39, 0.29) is 22.6 Å². The highest BCUT2D eigenvalue weighted by atomic mass is 35.5. The van der Waals surface area contributed by atoms with Gasteiger partial charge in [-0.05, 0) is 62.5 Å². The summed E-state index contributed by atoms with van der Waals surface area (Å²) in [5.41, 5.74) is 9.88. The summed E-state index contributed by atoms with van der Waals surface area (Å²) >= 11 is 6.26. The van der Waals surface area contributed by atoms with E-state index in [4.69, 9.17) is 26.6 Å². The van der Waals surface area contributed by atoms with E-state index in [9.17, 15) is 9.90 Å². The third-order valence-corrected chi connectivity index (χ3v) is 6.83. The van der Waals surface area contributed by atoms with Crippen LogP contribution in [-0.2, 0) is 11.3 Å². The van der Waals surface area contributed by atoms with Gasteiger partial charge in [0.05, 0.1) is 28.5 Å². The van der Waals surface area contributed by atoms with Gasteiger partial charge in [-0.2, -0.15) is 0 Å². The SMILES string of the molecule is CCCCOc1cc(O)c(Cl)cc1-c1onc(C)c1-c1cccc(CN2CCC(C(N)=O)CC2)c1. The topological polar surface area (TPSA) is 102 Å². The monoisotopic (exact) mass is 497 g/mol. The molecule has 0 saturated carbocycles. The van der Waals surface area contributed by atoms with Crippen molar-refractivity contribution >= 4 is 17.5 Å². The number of nitrogens with zero attached hydrogens (tertiary/aromatic N) is 2. The molecule has 1 amide bonds. The van der Waals surface area contributed by atoms with E-state index >= 15 is 0 Å². The number of likely N-dealkylation sites (tertiary alicyclic amines) is 1. The zero-order valence-electron chi connectivity index (χ0n) is 20.2. The first-order chi connectivity index (χ1) is 16.9. The molecule has 35 heavy (non-hydrogen) atoms. The van der Waals surface area contributed by atoms with Gasteiger partial charge in [0.1, 0.15) is 11.5 Å². The highest BCUT2D eigenvalue weighted by molar-refractivity contribution is 6.32.